The first-order valence-corrected chi connectivity index (χ1v) is 12.7. The normalized spacial score (nSPS) is 15.1. The Hall–Kier alpha value is -4.93. The lowest BCUT2D eigenvalue weighted by atomic mass is 10.2. The molecule has 0 bridgehead atoms. The second kappa shape index (κ2) is 10.1. The fourth-order valence-corrected chi connectivity index (χ4v) is 4.65. The topological polar surface area (TPSA) is 110 Å². The van der Waals surface area contributed by atoms with Crippen LogP contribution in [0.1, 0.15) is 12.0 Å². The summed E-state index contributed by atoms with van der Waals surface area (Å²) in [5, 5.41) is 8.37. The van der Waals surface area contributed by atoms with Crippen LogP contribution >= 0.6 is 0 Å². The maximum absolute atomic E-state index is 12.3. The minimum absolute atomic E-state index is 0.00241. The van der Waals surface area contributed by atoms with Crippen molar-refractivity contribution in [3.63, 3.8) is 0 Å². The zero-order valence-electron chi connectivity index (χ0n) is 21.9. The van der Waals surface area contributed by atoms with Crippen LogP contribution in [-0.2, 0) is 0 Å². The maximum atomic E-state index is 12.3. The Balaban J connectivity index is 1.18. The molecular formula is C28H28N8O3. The third-order valence-electron chi connectivity index (χ3n) is 6.63. The highest BCUT2D eigenvalue weighted by atomic mass is 16.5. The summed E-state index contributed by atoms with van der Waals surface area (Å²) in [6, 6.07) is 15.3. The molecule has 6 rings (SSSR count). The zero-order chi connectivity index (χ0) is 26.9. The van der Waals surface area contributed by atoms with Crippen molar-refractivity contribution >= 4 is 34.1 Å². The predicted molar refractivity (Wildman–Crippen MR) is 147 cm³/mol. The Morgan fingerprint density at radius 1 is 1.03 bits per heavy atom. The number of nitrogens with zero attached hydrogens (tertiary/aromatic N) is 7. The number of hydrogen-bond donors (Lipinski definition) is 1. The van der Waals surface area contributed by atoms with Gasteiger partial charge in [0.1, 0.15) is 41.8 Å². The smallest absolute Gasteiger partial charge is 0.319 e. The largest absolute Gasteiger partial charge is 0.488 e. The number of pyridine rings is 1. The lowest BCUT2D eigenvalue weighted by Crippen LogP contribution is -2.38. The van der Waals surface area contributed by atoms with E-state index >= 15 is 0 Å². The number of fused-ring (bicyclic) bond motifs is 2. The van der Waals surface area contributed by atoms with Crippen molar-refractivity contribution in [2.75, 3.05) is 32.5 Å². The Labute approximate surface area is 225 Å². The number of amides is 2. The number of aromatic nitrogens is 5. The Kier molecular flexibility index (Phi) is 6.31. The van der Waals surface area contributed by atoms with Crippen LogP contribution in [0.25, 0.3) is 16.6 Å². The highest BCUT2D eigenvalue weighted by molar-refractivity contribution is 5.91. The SMILES string of the molecule is Cc1cc(Nc2ncnc3ccc(O[C@@H]4CCN(C(=O)N(C)C)C4)cc23)ccc1Oc1ccn2ncnc2c1. The molecule has 11 nitrogen and oxygen atoms in total. The number of benzene rings is 2. The molecule has 2 aromatic carbocycles. The number of nitrogens with one attached hydrogen (secondary N) is 1. The van der Waals surface area contributed by atoms with Gasteiger partial charge >= 0.3 is 6.03 Å². The second-order valence-electron chi connectivity index (χ2n) is 9.69. The minimum Gasteiger partial charge on any atom is -0.488 e. The molecule has 11 heteroatoms. The second-order valence-corrected chi connectivity index (χ2v) is 9.69. The van der Waals surface area contributed by atoms with Crippen LogP contribution in [0.5, 0.6) is 17.2 Å². The van der Waals surface area contributed by atoms with E-state index < -0.39 is 0 Å². The van der Waals surface area contributed by atoms with Gasteiger partial charge in [0.05, 0.1) is 12.1 Å². The molecule has 4 heterocycles. The number of carbonyl (C=O) groups excluding carboxylic acids is 1. The lowest BCUT2D eigenvalue weighted by molar-refractivity contribution is 0.168. The molecule has 0 saturated carbocycles. The Morgan fingerprint density at radius 2 is 1.92 bits per heavy atom. The van der Waals surface area contributed by atoms with Gasteiger partial charge in [-0.1, -0.05) is 0 Å². The van der Waals surface area contributed by atoms with E-state index in [0.29, 0.717) is 30.4 Å². The number of carbonyl (C=O) groups is 1. The monoisotopic (exact) mass is 524 g/mol. The van der Waals surface area contributed by atoms with E-state index in [4.69, 9.17) is 9.47 Å². The van der Waals surface area contributed by atoms with Crippen LogP contribution in [-0.4, -0.2) is 73.7 Å². The fraction of sp³-hybridized carbons (Fsp3) is 0.250. The Bertz CT molecular complexity index is 1670. The molecule has 1 aliphatic heterocycles. The van der Waals surface area contributed by atoms with Gasteiger partial charge < -0.3 is 24.6 Å². The van der Waals surface area contributed by atoms with Crippen molar-refractivity contribution in [3.8, 4) is 17.2 Å². The van der Waals surface area contributed by atoms with Gasteiger partial charge in [0.15, 0.2) is 5.65 Å². The molecule has 5 aromatic rings. The number of ether oxygens (including phenoxy) is 2. The van der Waals surface area contributed by atoms with Gasteiger partial charge in [-0.05, 0) is 55.0 Å². The first-order chi connectivity index (χ1) is 18.9. The van der Waals surface area contributed by atoms with Gasteiger partial charge in [-0.25, -0.2) is 24.3 Å². The maximum Gasteiger partial charge on any atom is 0.319 e. The highest BCUT2D eigenvalue weighted by Crippen LogP contribution is 2.31. The van der Waals surface area contributed by atoms with Gasteiger partial charge in [-0.2, -0.15) is 5.10 Å². The van der Waals surface area contributed by atoms with Crippen molar-refractivity contribution in [2.45, 2.75) is 19.4 Å². The first kappa shape index (κ1) is 24.4. The average Bonchev–Trinajstić information content (AvgIpc) is 3.59. The Morgan fingerprint density at radius 3 is 2.77 bits per heavy atom. The van der Waals surface area contributed by atoms with Crippen molar-refractivity contribution in [1.29, 1.82) is 0 Å². The number of rotatable bonds is 6. The number of anilines is 2. The molecule has 2 amide bonds. The summed E-state index contributed by atoms with van der Waals surface area (Å²) in [5.41, 5.74) is 3.35. The van der Waals surface area contributed by atoms with Crippen LogP contribution in [0, 0.1) is 6.92 Å². The molecule has 3 aromatic heterocycles. The molecule has 0 radical (unpaired) electrons. The summed E-state index contributed by atoms with van der Waals surface area (Å²) >= 11 is 0. The van der Waals surface area contributed by atoms with Crippen molar-refractivity contribution < 1.29 is 14.3 Å². The van der Waals surface area contributed by atoms with Crippen LogP contribution in [0.4, 0.5) is 16.3 Å². The standard InChI is InChI=1S/C28H28N8O3/c1-18-12-19(4-7-25(18)39-21-9-11-36-26(14-21)30-17-32-36)33-27-23-13-20(5-6-24(23)29-16-31-27)38-22-8-10-35(15-22)28(37)34(2)3/h4-7,9,11-14,16-17,22H,8,10,15H2,1-3H3,(H,29,31,33)/t22-/m1/s1. The molecule has 1 aliphatic rings. The van der Waals surface area contributed by atoms with Crippen molar-refractivity contribution in [2.24, 2.45) is 0 Å². The van der Waals surface area contributed by atoms with Gasteiger partial charge in [0.2, 0.25) is 0 Å². The fourth-order valence-electron chi connectivity index (χ4n) is 4.65. The molecule has 0 unspecified atom stereocenters. The van der Waals surface area contributed by atoms with Crippen LogP contribution in [0.2, 0.25) is 0 Å². The van der Waals surface area contributed by atoms with E-state index in [1.54, 1.807) is 23.5 Å². The van der Waals surface area contributed by atoms with E-state index in [9.17, 15) is 4.79 Å². The van der Waals surface area contributed by atoms with Gasteiger partial charge in [-0.15, -0.1) is 0 Å². The summed E-state index contributed by atoms with van der Waals surface area (Å²) in [7, 11) is 3.52. The summed E-state index contributed by atoms with van der Waals surface area (Å²) < 4.78 is 14.0. The molecule has 1 fully saturated rings. The van der Waals surface area contributed by atoms with E-state index in [-0.39, 0.29) is 12.1 Å². The molecule has 0 spiro atoms. The molecule has 1 atom stereocenters. The van der Waals surface area contributed by atoms with Crippen LogP contribution < -0.4 is 14.8 Å². The molecule has 198 valence electrons. The molecule has 1 saturated heterocycles. The van der Waals surface area contributed by atoms with E-state index in [1.165, 1.54) is 12.7 Å². The van der Waals surface area contributed by atoms with E-state index in [0.717, 1.165) is 40.0 Å². The summed E-state index contributed by atoms with van der Waals surface area (Å²) in [4.78, 5) is 28.8. The van der Waals surface area contributed by atoms with Gasteiger partial charge in [0, 0.05) is 50.4 Å². The van der Waals surface area contributed by atoms with Crippen molar-refractivity contribution in [3.05, 3.63) is 72.9 Å². The molecular weight excluding hydrogens is 496 g/mol. The highest BCUT2D eigenvalue weighted by Gasteiger charge is 2.28. The van der Waals surface area contributed by atoms with Gasteiger partial charge in [0.25, 0.3) is 0 Å². The quantitative estimate of drug-likeness (QED) is 0.342. The van der Waals surface area contributed by atoms with E-state index in [1.807, 2.05) is 66.6 Å². The first-order valence-electron chi connectivity index (χ1n) is 12.7. The summed E-state index contributed by atoms with van der Waals surface area (Å²) in [6.07, 6.45) is 5.58. The molecule has 39 heavy (non-hydrogen) atoms. The third kappa shape index (κ3) is 5.11. The summed E-state index contributed by atoms with van der Waals surface area (Å²) in [6.45, 7) is 3.23. The van der Waals surface area contributed by atoms with Crippen LogP contribution in [0.15, 0.2) is 67.4 Å². The number of likely N-dealkylation sites (tertiary alicyclic amines) is 1. The number of urea groups is 1. The van der Waals surface area contributed by atoms with Gasteiger partial charge in [-0.3, -0.25) is 0 Å². The minimum atomic E-state index is -0.0620. The third-order valence-corrected chi connectivity index (χ3v) is 6.63. The van der Waals surface area contributed by atoms with Crippen LogP contribution in [0.3, 0.4) is 0 Å². The number of aryl methyl sites for hydroxylation is 1. The van der Waals surface area contributed by atoms with Crippen molar-refractivity contribution in [1.82, 2.24) is 34.4 Å². The summed E-state index contributed by atoms with van der Waals surface area (Å²) in [5.74, 6) is 2.82. The molecule has 0 aliphatic carbocycles. The predicted octanol–water partition coefficient (Wildman–Crippen LogP) is 4.65. The average molecular weight is 525 g/mol. The lowest BCUT2D eigenvalue weighted by Gasteiger charge is -2.21. The van der Waals surface area contributed by atoms with E-state index in [2.05, 4.69) is 25.4 Å². The zero-order valence-corrected chi connectivity index (χ0v) is 21.9. The molecule has 1 N–H and O–H groups in total. The number of hydrogen-bond acceptors (Lipinski definition) is 8.